The molecule has 0 amide bonds. The quantitative estimate of drug-likeness (QED) is 0.264. The SMILES string of the molecule is COCCN=C(NN)c1cc(F)ccc1F. The van der Waals surface area contributed by atoms with E-state index >= 15 is 0 Å². The summed E-state index contributed by atoms with van der Waals surface area (Å²) in [5.41, 5.74) is 2.23. The zero-order valence-electron chi connectivity index (χ0n) is 8.84. The molecule has 0 fully saturated rings. The normalized spacial score (nSPS) is 11.6. The van der Waals surface area contributed by atoms with Gasteiger partial charge in [-0.3, -0.25) is 4.99 Å². The van der Waals surface area contributed by atoms with Crippen molar-refractivity contribution in [2.45, 2.75) is 0 Å². The zero-order chi connectivity index (χ0) is 12.0. The van der Waals surface area contributed by atoms with Crippen LogP contribution in [-0.4, -0.2) is 26.1 Å². The fourth-order valence-electron chi connectivity index (χ4n) is 1.14. The average Bonchev–Trinajstić information content (AvgIpc) is 2.28. The number of hydrazine groups is 1. The van der Waals surface area contributed by atoms with Crippen LogP contribution in [0.5, 0.6) is 0 Å². The minimum absolute atomic E-state index is 0.00129. The summed E-state index contributed by atoms with van der Waals surface area (Å²) in [4.78, 5) is 3.95. The number of hydrogen-bond acceptors (Lipinski definition) is 3. The number of benzene rings is 1. The summed E-state index contributed by atoms with van der Waals surface area (Å²) < 4.78 is 31.0. The smallest absolute Gasteiger partial charge is 0.145 e. The van der Waals surface area contributed by atoms with Crippen molar-refractivity contribution in [2.24, 2.45) is 10.8 Å². The molecule has 1 aromatic carbocycles. The molecule has 1 rings (SSSR count). The van der Waals surface area contributed by atoms with Gasteiger partial charge in [0.1, 0.15) is 17.5 Å². The van der Waals surface area contributed by atoms with Crippen molar-refractivity contribution in [2.75, 3.05) is 20.3 Å². The number of aliphatic imine (C=N–C) groups is 1. The Morgan fingerprint density at radius 1 is 1.50 bits per heavy atom. The molecule has 0 heterocycles. The molecule has 1 aromatic rings. The lowest BCUT2D eigenvalue weighted by Crippen LogP contribution is -2.32. The second kappa shape index (κ2) is 6.14. The van der Waals surface area contributed by atoms with Gasteiger partial charge in [0.15, 0.2) is 0 Å². The maximum atomic E-state index is 13.3. The van der Waals surface area contributed by atoms with Crippen LogP contribution in [0.25, 0.3) is 0 Å². The van der Waals surface area contributed by atoms with Crippen LogP contribution >= 0.6 is 0 Å². The highest BCUT2D eigenvalue weighted by molar-refractivity contribution is 5.98. The van der Waals surface area contributed by atoms with Crippen LogP contribution in [0.2, 0.25) is 0 Å². The summed E-state index contributed by atoms with van der Waals surface area (Å²) in [5, 5.41) is 0. The first-order valence-corrected chi connectivity index (χ1v) is 4.64. The monoisotopic (exact) mass is 229 g/mol. The van der Waals surface area contributed by atoms with Crippen LogP contribution in [0.3, 0.4) is 0 Å². The highest BCUT2D eigenvalue weighted by atomic mass is 19.1. The van der Waals surface area contributed by atoms with Crippen molar-refractivity contribution in [1.29, 1.82) is 0 Å². The van der Waals surface area contributed by atoms with Crippen molar-refractivity contribution in [3.05, 3.63) is 35.4 Å². The lowest BCUT2D eigenvalue weighted by molar-refractivity contribution is 0.208. The van der Waals surface area contributed by atoms with Gasteiger partial charge in [0.05, 0.1) is 18.7 Å². The molecule has 0 bridgehead atoms. The Morgan fingerprint density at radius 2 is 2.25 bits per heavy atom. The molecule has 0 aliphatic rings. The Balaban J connectivity index is 2.94. The fraction of sp³-hybridized carbons (Fsp3) is 0.300. The third-order valence-electron chi connectivity index (χ3n) is 1.89. The van der Waals surface area contributed by atoms with Gasteiger partial charge in [0.2, 0.25) is 0 Å². The number of amidine groups is 1. The first kappa shape index (κ1) is 12.5. The molecular formula is C10H13F2N3O. The van der Waals surface area contributed by atoms with Gasteiger partial charge in [-0.25, -0.2) is 14.6 Å². The number of nitrogens with zero attached hydrogens (tertiary/aromatic N) is 1. The van der Waals surface area contributed by atoms with Gasteiger partial charge in [0.25, 0.3) is 0 Å². The summed E-state index contributed by atoms with van der Waals surface area (Å²) in [6.45, 7) is 0.689. The number of rotatable bonds is 4. The van der Waals surface area contributed by atoms with Crippen molar-refractivity contribution >= 4 is 5.84 Å². The second-order valence-corrected chi connectivity index (χ2v) is 2.99. The summed E-state index contributed by atoms with van der Waals surface area (Å²) >= 11 is 0. The van der Waals surface area contributed by atoms with E-state index in [9.17, 15) is 8.78 Å². The number of nitrogens with one attached hydrogen (secondary N) is 1. The maximum Gasteiger partial charge on any atom is 0.145 e. The Labute approximate surface area is 92.1 Å². The maximum absolute atomic E-state index is 13.3. The highest BCUT2D eigenvalue weighted by Gasteiger charge is 2.09. The van der Waals surface area contributed by atoms with Crippen molar-refractivity contribution < 1.29 is 13.5 Å². The van der Waals surface area contributed by atoms with Crippen LogP contribution in [0.15, 0.2) is 23.2 Å². The molecule has 0 atom stereocenters. The number of nitrogens with two attached hydrogens (primary N) is 1. The number of ether oxygens (including phenoxy) is 1. The van der Waals surface area contributed by atoms with Gasteiger partial charge in [-0.05, 0) is 18.2 Å². The molecule has 3 N–H and O–H groups in total. The van der Waals surface area contributed by atoms with Crippen molar-refractivity contribution in [3.8, 4) is 0 Å². The molecule has 0 unspecified atom stereocenters. The van der Waals surface area contributed by atoms with Gasteiger partial charge < -0.3 is 10.2 Å². The third kappa shape index (κ3) is 3.25. The predicted octanol–water partition coefficient (Wildman–Crippen LogP) is 0.821. The topological polar surface area (TPSA) is 59.6 Å². The number of methoxy groups -OCH3 is 1. The van der Waals surface area contributed by atoms with E-state index in [0.717, 1.165) is 18.2 Å². The Bertz CT molecular complexity index is 382. The van der Waals surface area contributed by atoms with E-state index in [1.807, 2.05) is 0 Å². The standard InChI is InChI=1S/C10H13F2N3O/c1-16-5-4-14-10(15-13)8-6-7(11)2-3-9(8)12/h2-3,6H,4-5,13H2,1H3,(H,14,15). The van der Waals surface area contributed by atoms with Crippen LogP contribution < -0.4 is 11.3 Å². The largest absolute Gasteiger partial charge is 0.383 e. The van der Waals surface area contributed by atoms with E-state index in [-0.39, 0.29) is 11.4 Å². The van der Waals surface area contributed by atoms with Crippen molar-refractivity contribution in [3.63, 3.8) is 0 Å². The Kier molecular flexibility index (Phi) is 4.81. The molecule has 0 spiro atoms. The molecule has 4 nitrogen and oxygen atoms in total. The Morgan fingerprint density at radius 3 is 2.88 bits per heavy atom. The van der Waals surface area contributed by atoms with Gasteiger partial charge in [-0.1, -0.05) is 0 Å². The van der Waals surface area contributed by atoms with Gasteiger partial charge >= 0.3 is 0 Å². The fourth-order valence-corrected chi connectivity index (χ4v) is 1.14. The molecule has 16 heavy (non-hydrogen) atoms. The molecule has 0 saturated heterocycles. The van der Waals surface area contributed by atoms with Crippen LogP contribution in [0.4, 0.5) is 8.78 Å². The van der Waals surface area contributed by atoms with E-state index in [2.05, 4.69) is 10.4 Å². The minimum atomic E-state index is -0.587. The van der Waals surface area contributed by atoms with E-state index in [1.54, 1.807) is 0 Å². The number of hydrogen-bond donors (Lipinski definition) is 2. The highest BCUT2D eigenvalue weighted by Crippen LogP contribution is 2.09. The Hall–Kier alpha value is -1.53. The van der Waals surface area contributed by atoms with E-state index in [0.29, 0.717) is 13.2 Å². The summed E-state index contributed by atoms with van der Waals surface area (Å²) in [6, 6.07) is 3.08. The lowest BCUT2D eigenvalue weighted by Gasteiger charge is -2.07. The molecule has 0 saturated carbocycles. The average molecular weight is 229 g/mol. The van der Waals surface area contributed by atoms with Crippen LogP contribution in [0.1, 0.15) is 5.56 Å². The minimum Gasteiger partial charge on any atom is -0.383 e. The van der Waals surface area contributed by atoms with E-state index in [1.165, 1.54) is 7.11 Å². The lowest BCUT2D eigenvalue weighted by atomic mass is 10.2. The molecule has 88 valence electrons. The zero-order valence-corrected chi connectivity index (χ0v) is 8.84. The second-order valence-electron chi connectivity index (χ2n) is 2.99. The summed E-state index contributed by atoms with van der Waals surface area (Å²) in [6.07, 6.45) is 0. The molecule has 0 aromatic heterocycles. The predicted molar refractivity (Wildman–Crippen MR) is 57.0 cm³/mol. The number of halogens is 2. The van der Waals surface area contributed by atoms with E-state index in [4.69, 9.17) is 10.6 Å². The summed E-state index contributed by atoms with van der Waals surface area (Å²) in [7, 11) is 1.52. The first-order valence-electron chi connectivity index (χ1n) is 4.64. The van der Waals surface area contributed by atoms with Gasteiger partial charge in [-0.2, -0.15) is 0 Å². The van der Waals surface area contributed by atoms with Gasteiger partial charge in [-0.15, -0.1) is 0 Å². The van der Waals surface area contributed by atoms with Crippen molar-refractivity contribution in [1.82, 2.24) is 5.43 Å². The molecule has 0 aliphatic carbocycles. The molecule has 6 heteroatoms. The third-order valence-corrected chi connectivity index (χ3v) is 1.89. The first-order chi connectivity index (χ1) is 7.69. The van der Waals surface area contributed by atoms with Crippen LogP contribution in [-0.2, 0) is 4.74 Å². The molecule has 0 radical (unpaired) electrons. The summed E-state index contributed by atoms with van der Waals surface area (Å²) in [5.74, 6) is 4.15. The van der Waals surface area contributed by atoms with Crippen LogP contribution in [0, 0.1) is 11.6 Å². The van der Waals surface area contributed by atoms with E-state index < -0.39 is 11.6 Å². The van der Waals surface area contributed by atoms with Gasteiger partial charge in [0, 0.05) is 7.11 Å². The molecular weight excluding hydrogens is 216 g/mol. The molecule has 0 aliphatic heterocycles.